The Morgan fingerprint density at radius 2 is 2.03 bits per heavy atom. The Labute approximate surface area is 197 Å². The highest BCUT2D eigenvalue weighted by Gasteiger charge is 2.18. The normalized spacial score (nSPS) is 19.2. The molecule has 2 saturated heterocycles. The van der Waals surface area contributed by atoms with E-state index in [-0.39, 0.29) is 42.5 Å². The SMILES string of the molecule is CN=C(NCC(=O)N1CCCCC1)NCc1ccc(C)cc1OCC1CCCO1.I. The summed E-state index contributed by atoms with van der Waals surface area (Å²) >= 11 is 0. The number of aryl methyl sites for hydroxylation is 1. The van der Waals surface area contributed by atoms with Crippen LogP contribution in [0, 0.1) is 6.92 Å². The number of nitrogens with zero attached hydrogens (tertiary/aromatic N) is 2. The maximum absolute atomic E-state index is 12.3. The van der Waals surface area contributed by atoms with Gasteiger partial charge in [0.05, 0.1) is 12.6 Å². The third-order valence-corrected chi connectivity index (χ3v) is 5.46. The van der Waals surface area contributed by atoms with Crippen molar-refractivity contribution in [3.8, 4) is 5.75 Å². The smallest absolute Gasteiger partial charge is 0.241 e. The van der Waals surface area contributed by atoms with Crippen molar-refractivity contribution in [3.05, 3.63) is 29.3 Å². The van der Waals surface area contributed by atoms with E-state index < -0.39 is 0 Å². The van der Waals surface area contributed by atoms with Gasteiger partial charge in [0.25, 0.3) is 0 Å². The Kier molecular flexibility index (Phi) is 10.7. The average molecular weight is 530 g/mol. The van der Waals surface area contributed by atoms with Gasteiger partial charge >= 0.3 is 0 Å². The van der Waals surface area contributed by atoms with Gasteiger partial charge in [0.2, 0.25) is 5.91 Å². The molecule has 1 aromatic rings. The summed E-state index contributed by atoms with van der Waals surface area (Å²) in [7, 11) is 1.71. The number of piperidine rings is 1. The van der Waals surface area contributed by atoms with Crippen molar-refractivity contribution in [2.24, 2.45) is 4.99 Å². The van der Waals surface area contributed by atoms with Crippen molar-refractivity contribution < 1.29 is 14.3 Å². The van der Waals surface area contributed by atoms with Crippen molar-refractivity contribution in [3.63, 3.8) is 0 Å². The summed E-state index contributed by atoms with van der Waals surface area (Å²) in [6.07, 6.45) is 5.76. The molecule has 0 saturated carbocycles. The van der Waals surface area contributed by atoms with Crippen molar-refractivity contribution in [2.75, 3.05) is 39.9 Å². The second kappa shape index (κ2) is 13.0. The van der Waals surface area contributed by atoms with Crippen molar-refractivity contribution >= 4 is 35.8 Å². The standard InChI is InChI=1S/C22H34N4O3.HI/c1-17-8-9-18(20(13-17)29-16-19-7-6-12-28-19)14-24-22(23-2)25-15-21(27)26-10-4-3-5-11-26;/h8-9,13,19H,3-7,10-12,14-16H2,1-2H3,(H2,23,24,25);1H. The summed E-state index contributed by atoms with van der Waals surface area (Å²) in [6.45, 7) is 6.02. The maximum Gasteiger partial charge on any atom is 0.241 e. The zero-order valence-corrected chi connectivity index (χ0v) is 20.4. The highest BCUT2D eigenvalue weighted by atomic mass is 127. The molecule has 0 spiro atoms. The first-order valence-corrected chi connectivity index (χ1v) is 10.7. The van der Waals surface area contributed by atoms with Crippen LogP contribution in [0.4, 0.5) is 0 Å². The largest absolute Gasteiger partial charge is 0.491 e. The minimum absolute atomic E-state index is 0. The van der Waals surface area contributed by atoms with Crippen LogP contribution in [-0.2, 0) is 16.1 Å². The second-order valence-corrected chi connectivity index (χ2v) is 7.78. The number of nitrogens with one attached hydrogen (secondary N) is 2. The van der Waals surface area contributed by atoms with Gasteiger partial charge < -0.3 is 25.0 Å². The van der Waals surface area contributed by atoms with Gasteiger partial charge in [0, 0.05) is 38.9 Å². The molecule has 8 heteroatoms. The number of amides is 1. The minimum atomic E-state index is 0. The van der Waals surface area contributed by atoms with E-state index in [2.05, 4.69) is 40.7 Å². The summed E-state index contributed by atoms with van der Waals surface area (Å²) in [5, 5.41) is 6.42. The summed E-state index contributed by atoms with van der Waals surface area (Å²) in [4.78, 5) is 18.5. The van der Waals surface area contributed by atoms with E-state index in [1.54, 1.807) is 7.05 Å². The third kappa shape index (κ3) is 7.61. The lowest BCUT2D eigenvalue weighted by molar-refractivity contribution is -0.130. The van der Waals surface area contributed by atoms with E-state index in [4.69, 9.17) is 9.47 Å². The number of rotatable bonds is 7. The van der Waals surface area contributed by atoms with Crippen LogP contribution in [0.15, 0.2) is 23.2 Å². The predicted octanol–water partition coefficient (Wildman–Crippen LogP) is 2.85. The molecule has 0 bridgehead atoms. The summed E-state index contributed by atoms with van der Waals surface area (Å²) in [5.41, 5.74) is 2.21. The second-order valence-electron chi connectivity index (χ2n) is 7.78. The van der Waals surface area contributed by atoms with Crippen molar-refractivity contribution in [1.82, 2.24) is 15.5 Å². The number of hydrogen-bond acceptors (Lipinski definition) is 4. The van der Waals surface area contributed by atoms with Gasteiger partial charge in [-0.25, -0.2) is 0 Å². The lowest BCUT2D eigenvalue weighted by Crippen LogP contribution is -2.45. The quantitative estimate of drug-likeness (QED) is 0.322. The van der Waals surface area contributed by atoms with Gasteiger partial charge in [-0.3, -0.25) is 9.79 Å². The van der Waals surface area contributed by atoms with Crippen LogP contribution >= 0.6 is 24.0 Å². The molecule has 2 heterocycles. The number of guanidine groups is 1. The number of aliphatic imine (C=N–C) groups is 1. The fourth-order valence-electron chi connectivity index (χ4n) is 3.71. The van der Waals surface area contributed by atoms with Crippen LogP contribution in [-0.4, -0.2) is 62.8 Å². The lowest BCUT2D eigenvalue weighted by Gasteiger charge is -2.27. The highest BCUT2D eigenvalue weighted by molar-refractivity contribution is 14.0. The molecule has 2 aliphatic heterocycles. The van der Waals surface area contributed by atoms with E-state index >= 15 is 0 Å². The van der Waals surface area contributed by atoms with Crippen molar-refractivity contribution in [2.45, 2.75) is 51.7 Å². The molecule has 30 heavy (non-hydrogen) atoms. The van der Waals surface area contributed by atoms with Crippen molar-refractivity contribution in [1.29, 1.82) is 0 Å². The van der Waals surface area contributed by atoms with Crippen LogP contribution in [0.2, 0.25) is 0 Å². The molecule has 1 atom stereocenters. The molecule has 3 rings (SSSR count). The number of likely N-dealkylation sites (tertiary alicyclic amines) is 1. The summed E-state index contributed by atoms with van der Waals surface area (Å²) < 4.78 is 11.7. The molecule has 0 aromatic heterocycles. The molecule has 2 N–H and O–H groups in total. The number of benzene rings is 1. The van der Waals surface area contributed by atoms with Gasteiger partial charge in [-0.05, 0) is 50.7 Å². The molecule has 1 aromatic carbocycles. The fraction of sp³-hybridized carbons (Fsp3) is 0.636. The Morgan fingerprint density at radius 1 is 1.23 bits per heavy atom. The van der Waals surface area contributed by atoms with E-state index in [1.807, 2.05) is 4.90 Å². The zero-order valence-electron chi connectivity index (χ0n) is 18.1. The van der Waals surface area contributed by atoms with E-state index in [9.17, 15) is 4.79 Å². The number of carbonyl (C=O) groups excluding carboxylic acids is 1. The zero-order chi connectivity index (χ0) is 20.5. The van der Waals surface area contributed by atoms with Gasteiger partial charge in [-0.1, -0.05) is 12.1 Å². The van der Waals surface area contributed by atoms with E-state index in [1.165, 1.54) is 6.42 Å². The molecular weight excluding hydrogens is 495 g/mol. The van der Waals surface area contributed by atoms with Crippen LogP contribution in [0.1, 0.15) is 43.2 Å². The molecule has 0 aliphatic carbocycles. The van der Waals surface area contributed by atoms with E-state index in [0.29, 0.717) is 19.1 Å². The van der Waals surface area contributed by atoms with Gasteiger partial charge in [0.1, 0.15) is 12.4 Å². The maximum atomic E-state index is 12.3. The molecule has 7 nitrogen and oxygen atoms in total. The minimum Gasteiger partial charge on any atom is -0.491 e. The summed E-state index contributed by atoms with van der Waals surface area (Å²) in [6, 6.07) is 6.20. The number of carbonyl (C=O) groups is 1. The molecular formula is C22H35IN4O3. The Hall–Kier alpha value is -1.55. The fourth-order valence-corrected chi connectivity index (χ4v) is 3.71. The lowest BCUT2D eigenvalue weighted by atomic mass is 10.1. The van der Waals surface area contributed by atoms with Gasteiger partial charge in [0.15, 0.2) is 5.96 Å². The van der Waals surface area contributed by atoms with E-state index in [0.717, 1.165) is 62.3 Å². The Bertz CT molecular complexity index is 702. The van der Waals surface area contributed by atoms with Crippen LogP contribution < -0.4 is 15.4 Å². The Balaban J connectivity index is 0.00000320. The topological polar surface area (TPSA) is 75.2 Å². The molecule has 2 fully saturated rings. The first-order chi connectivity index (χ1) is 14.2. The first kappa shape index (κ1) is 24.7. The molecule has 2 aliphatic rings. The Morgan fingerprint density at radius 3 is 2.73 bits per heavy atom. The third-order valence-electron chi connectivity index (χ3n) is 5.46. The highest BCUT2D eigenvalue weighted by Crippen LogP contribution is 2.22. The number of ether oxygens (including phenoxy) is 2. The number of halogens is 1. The molecule has 1 unspecified atom stereocenters. The van der Waals surface area contributed by atoms with Crippen LogP contribution in [0.5, 0.6) is 5.75 Å². The van der Waals surface area contributed by atoms with Crippen LogP contribution in [0.25, 0.3) is 0 Å². The predicted molar refractivity (Wildman–Crippen MR) is 130 cm³/mol. The van der Waals surface area contributed by atoms with Gasteiger partial charge in [-0.2, -0.15) is 0 Å². The molecule has 168 valence electrons. The molecule has 1 amide bonds. The van der Waals surface area contributed by atoms with Gasteiger partial charge in [-0.15, -0.1) is 24.0 Å². The van der Waals surface area contributed by atoms with Crippen LogP contribution in [0.3, 0.4) is 0 Å². The first-order valence-electron chi connectivity index (χ1n) is 10.7. The average Bonchev–Trinajstić information content (AvgIpc) is 3.27. The molecule has 0 radical (unpaired) electrons. The monoisotopic (exact) mass is 530 g/mol. The summed E-state index contributed by atoms with van der Waals surface area (Å²) in [5.74, 6) is 1.61. The number of hydrogen-bond donors (Lipinski definition) is 2.